The monoisotopic (exact) mass is 291 g/mol. The van der Waals surface area contributed by atoms with E-state index in [0.29, 0.717) is 5.69 Å². The first-order valence-electron chi connectivity index (χ1n) is 5.81. The van der Waals surface area contributed by atoms with Gasteiger partial charge >= 0.3 is 5.97 Å². The molecule has 0 heterocycles. The fraction of sp³-hybridized carbons (Fsp3) is 0.0714. The minimum atomic E-state index is -3.67. The Labute approximate surface area is 116 Å². The molecule has 0 amide bonds. The Balaban J connectivity index is 2.26. The van der Waals surface area contributed by atoms with Gasteiger partial charge in [-0.05, 0) is 48.9 Å². The minimum absolute atomic E-state index is 0.100. The van der Waals surface area contributed by atoms with Gasteiger partial charge in [-0.1, -0.05) is 12.1 Å². The summed E-state index contributed by atoms with van der Waals surface area (Å²) in [4.78, 5) is 10.9. The normalized spacial score (nSPS) is 11.1. The summed E-state index contributed by atoms with van der Waals surface area (Å²) in [7, 11) is -3.67. The third-order valence-electron chi connectivity index (χ3n) is 2.68. The van der Waals surface area contributed by atoms with Crippen molar-refractivity contribution < 1.29 is 18.3 Å². The Morgan fingerprint density at radius 1 is 1.10 bits per heavy atom. The fourth-order valence-electron chi connectivity index (χ4n) is 1.68. The van der Waals surface area contributed by atoms with Crippen LogP contribution >= 0.6 is 0 Å². The Morgan fingerprint density at radius 2 is 1.75 bits per heavy atom. The van der Waals surface area contributed by atoms with Crippen LogP contribution in [0.5, 0.6) is 0 Å². The number of sulfonamides is 1. The molecule has 2 aromatic carbocycles. The molecule has 0 saturated heterocycles. The van der Waals surface area contributed by atoms with Gasteiger partial charge in [-0.25, -0.2) is 13.2 Å². The second-order valence-corrected chi connectivity index (χ2v) is 5.99. The highest BCUT2D eigenvalue weighted by molar-refractivity contribution is 7.92. The standard InChI is InChI=1S/C14H13NO4S/c1-10-3-2-4-13(9-10)20(18,19)15-12-7-5-11(6-8-12)14(16)17/h2-9,15H,1H3,(H,16,17). The van der Waals surface area contributed by atoms with Crippen molar-refractivity contribution >= 4 is 21.7 Å². The number of benzene rings is 2. The van der Waals surface area contributed by atoms with Crippen molar-refractivity contribution in [1.29, 1.82) is 0 Å². The van der Waals surface area contributed by atoms with E-state index in [4.69, 9.17) is 5.11 Å². The molecule has 0 fully saturated rings. The van der Waals surface area contributed by atoms with Crippen molar-refractivity contribution in [3.05, 3.63) is 59.7 Å². The van der Waals surface area contributed by atoms with Crippen LogP contribution in [0, 0.1) is 6.92 Å². The smallest absolute Gasteiger partial charge is 0.335 e. The van der Waals surface area contributed by atoms with Crippen LogP contribution in [0.1, 0.15) is 15.9 Å². The molecule has 5 nitrogen and oxygen atoms in total. The summed E-state index contributed by atoms with van der Waals surface area (Å²) in [5, 5.41) is 8.78. The average Bonchev–Trinajstić information content (AvgIpc) is 2.39. The molecule has 0 aliphatic rings. The van der Waals surface area contributed by atoms with Gasteiger partial charge in [0.15, 0.2) is 0 Å². The summed E-state index contributed by atoms with van der Waals surface area (Å²) in [6, 6.07) is 12.0. The fourth-order valence-corrected chi connectivity index (χ4v) is 2.84. The van der Waals surface area contributed by atoms with Crippen molar-refractivity contribution in [3.8, 4) is 0 Å². The van der Waals surface area contributed by atoms with Gasteiger partial charge in [-0.3, -0.25) is 4.72 Å². The molecular formula is C14H13NO4S. The van der Waals surface area contributed by atoms with Crippen LogP contribution in [0.3, 0.4) is 0 Å². The van der Waals surface area contributed by atoms with Gasteiger partial charge in [0.25, 0.3) is 10.0 Å². The minimum Gasteiger partial charge on any atom is -0.478 e. The van der Waals surface area contributed by atoms with Crippen molar-refractivity contribution in [1.82, 2.24) is 0 Å². The van der Waals surface area contributed by atoms with Crippen LogP contribution in [-0.2, 0) is 10.0 Å². The van der Waals surface area contributed by atoms with E-state index in [-0.39, 0.29) is 10.5 Å². The lowest BCUT2D eigenvalue weighted by molar-refractivity contribution is 0.0697. The van der Waals surface area contributed by atoms with Crippen LogP contribution in [0.4, 0.5) is 5.69 Å². The lowest BCUT2D eigenvalue weighted by atomic mass is 10.2. The number of nitrogens with one attached hydrogen (secondary N) is 1. The first-order valence-corrected chi connectivity index (χ1v) is 7.30. The molecule has 0 radical (unpaired) electrons. The highest BCUT2D eigenvalue weighted by Gasteiger charge is 2.14. The molecule has 0 aromatic heterocycles. The van der Waals surface area contributed by atoms with E-state index < -0.39 is 16.0 Å². The molecule has 2 rings (SSSR count). The maximum absolute atomic E-state index is 12.1. The van der Waals surface area contributed by atoms with E-state index >= 15 is 0 Å². The summed E-state index contributed by atoms with van der Waals surface area (Å²) >= 11 is 0. The second kappa shape index (κ2) is 5.34. The van der Waals surface area contributed by atoms with Gasteiger partial charge in [-0.2, -0.15) is 0 Å². The zero-order valence-corrected chi connectivity index (χ0v) is 11.5. The molecule has 0 aliphatic heterocycles. The number of carbonyl (C=O) groups is 1. The molecule has 0 unspecified atom stereocenters. The Hall–Kier alpha value is -2.34. The van der Waals surface area contributed by atoms with E-state index in [1.165, 1.54) is 30.3 Å². The number of carboxylic acid groups (broad SMARTS) is 1. The van der Waals surface area contributed by atoms with Gasteiger partial charge in [0.1, 0.15) is 0 Å². The van der Waals surface area contributed by atoms with Crippen LogP contribution < -0.4 is 4.72 Å². The summed E-state index contributed by atoms with van der Waals surface area (Å²) < 4.78 is 26.7. The van der Waals surface area contributed by atoms with Crippen molar-refractivity contribution in [2.24, 2.45) is 0 Å². The lowest BCUT2D eigenvalue weighted by Gasteiger charge is -2.08. The van der Waals surface area contributed by atoms with Crippen LogP contribution in [0.25, 0.3) is 0 Å². The summed E-state index contributed by atoms with van der Waals surface area (Å²) in [6.07, 6.45) is 0. The Kier molecular flexibility index (Phi) is 3.76. The molecule has 6 heteroatoms. The van der Waals surface area contributed by atoms with E-state index in [0.717, 1.165) is 5.56 Å². The molecule has 0 saturated carbocycles. The van der Waals surface area contributed by atoms with Crippen LogP contribution in [-0.4, -0.2) is 19.5 Å². The first-order chi connectivity index (χ1) is 9.38. The largest absolute Gasteiger partial charge is 0.478 e. The number of carboxylic acids is 1. The molecule has 0 aliphatic carbocycles. The third-order valence-corrected chi connectivity index (χ3v) is 4.06. The number of rotatable bonds is 4. The highest BCUT2D eigenvalue weighted by Crippen LogP contribution is 2.17. The molecule has 0 bridgehead atoms. The van der Waals surface area contributed by atoms with E-state index in [2.05, 4.69) is 4.72 Å². The molecule has 0 atom stereocenters. The average molecular weight is 291 g/mol. The molecule has 104 valence electrons. The molecule has 20 heavy (non-hydrogen) atoms. The van der Waals surface area contributed by atoms with Crippen LogP contribution in [0.15, 0.2) is 53.4 Å². The summed E-state index contributed by atoms with van der Waals surface area (Å²) in [5.41, 5.74) is 1.26. The van der Waals surface area contributed by atoms with Crippen molar-refractivity contribution in [2.45, 2.75) is 11.8 Å². The number of hydrogen-bond donors (Lipinski definition) is 2. The SMILES string of the molecule is Cc1cccc(S(=O)(=O)Nc2ccc(C(=O)O)cc2)c1. The van der Waals surface area contributed by atoms with E-state index in [9.17, 15) is 13.2 Å². The molecular weight excluding hydrogens is 278 g/mol. The first kappa shape index (κ1) is 14.1. The quantitative estimate of drug-likeness (QED) is 0.906. The van der Waals surface area contributed by atoms with Crippen molar-refractivity contribution in [2.75, 3.05) is 4.72 Å². The van der Waals surface area contributed by atoms with Gasteiger partial charge in [0.2, 0.25) is 0 Å². The number of aryl methyl sites for hydroxylation is 1. The van der Waals surface area contributed by atoms with Gasteiger partial charge in [0.05, 0.1) is 10.5 Å². The number of aromatic carboxylic acids is 1. The predicted molar refractivity (Wildman–Crippen MR) is 75.4 cm³/mol. The van der Waals surface area contributed by atoms with Gasteiger partial charge in [0, 0.05) is 5.69 Å². The topological polar surface area (TPSA) is 83.5 Å². The highest BCUT2D eigenvalue weighted by atomic mass is 32.2. The van der Waals surface area contributed by atoms with E-state index in [1.807, 2.05) is 0 Å². The second-order valence-electron chi connectivity index (χ2n) is 4.30. The lowest BCUT2D eigenvalue weighted by Crippen LogP contribution is -2.13. The van der Waals surface area contributed by atoms with E-state index in [1.54, 1.807) is 25.1 Å². The summed E-state index contributed by atoms with van der Waals surface area (Å²) in [5.74, 6) is -1.06. The van der Waals surface area contributed by atoms with Gasteiger partial charge in [-0.15, -0.1) is 0 Å². The predicted octanol–water partition coefficient (Wildman–Crippen LogP) is 2.49. The third kappa shape index (κ3) is 3.16. The number of anilines is 1. The van der Waals surface area contributed by atoms with Crippen LogP contribution in [0.2, 0.25) is 0 Å². The van der Waals surface area contributed by atoms with Crippen molar-refractivity contribution in [3.63, 3.8) is 0 Å². The Bertz CT molecular complexity index is 736. The zero-order valence-electron chi connectivity index (χ0n) is 10.7. The zero-order chi connectivity index (χ0) is 14.8. The maximum atomic E-state index is 12.1. The molecule has 2 N–H and O–H groups in total. The Morgan fingerprint density at radius 3 is 2.30 bits per heavy atom. The molecule has 2 aromatic rings. The molecule has 0 spiro atoms. The van der Waals surface area contributed by atoms with Gasteiger partial charge < -0.3 is 5.11 Å². The number of hydrogen-bond acceptors (Lipinski definition) is 3. The maximum Gasteiger partial charge on any atom is 0.335 e. The summed E-state index contributed by atoms with van der Waals surface area (Å²) in [6.45, 7) is 1.81.